The molecule has 0 spiro atoms. The molecule has 5 heteroatoms. The first-order valence-corrected chi connectivity index (χ1v) is 6.84. The summed E-state index contributed by atoms with van der Waals surface area (Å²) in [5.74, 6) is 0.868. The summed E-state index contributed by atoms with van der Waals surface area (Å²) in [6.07, 6.45) is 7.28. The lowest BCUT2D eigenvalue weighted by atomic mass is 9.89. The number of aryl methyl sites for hydroxylation is 1. The van der Waals surface area contributed by atoms with Crippen LogP contribution in [0.25, 0.3) is 11.0 Å². The molecule has 19 heavy (non-hydrogen) atoms. The van der Waals surface area contributed by atoms with Crippen LogP contribution in [-0.4, -0.2) is 20.7 Å². The van der Waals surface area contributed by atoms with E-state index in [1.807, 2.05) is 19.2 Å². The number of fused-ring (bicyclic) bond motifs is 1. The number of anilines is 1. The van der Waals surface area contributed by atoms with Crippen LogP contribution in [0.5, 0.6) is 0 Å². The molecule has 0 saturated heterocycles. The van der Waals surface area contributed by atoms with E-state index < -0.39 is 0 Å². The summed E-state index contributed by atoms with van der Waals surface area (Å²) in [6, 6.07) is 3.80. The SMILES string of the molecule is Cn1nc(NC(=O)C2CCCCC2)c2cccnc21. The highest BCUT2D eigenvalue weighted by atomic mass is 16.2. The largest absolute Gasteiger partial charge is 0.308 e. The predicted octanol–water partition coefficient (Wildman–Crippen LogP) is 2.49. The summed E-state index contributed by atoms with van der Waals surface area (Å²) in [5, 5.41) is 8.21. The number of rotatable bonds is 2. The molecule has 2 aromatic rings. The van der Waals surface area contributed by atoms with Crippen molar-refractivity contribution in [3.63, 3.8) is 0 Å². The molecule has 1 aliphatic carbocycles. The quantitative estimate of drug-likeness (QED) is 0.900. The number of hydrogen-bond donors (Lipinski definition) is 1. The standard InChI is InChI=1S/C14H18N4O/c1-18-13-11(8-5-9-15-13)12(17-18)16-14(19)10-6-3-2-4-7-10/h5,8-10H,2-4,6-7H2,1H3,(H,16,17,19). The Morgan fingerprint density at radius 3 is 2.95 bits per heavy atom. The van der Waals surface area contributed by atoms with Crippen molar-refractivity contribution in [2.24, 2.45) is 13.0 Å². The fourth-order valence-electron chi connectivity index (χ4n) is 2.77. The summed E-state index contributed by atoms with van der Waals surface area (Å²) in [7, 11) is 1.84. The van der Waals surface area contributed by atoms with Crippen molar-refractivity contribution in [3.05, 3.63) is 18.3 Å². The number of aromatic nitrogens is 3. The minimum absolute atomic E-state index is 0.101. The van der Waals surface area contributed by atoms with Crippen LogP contribution in [0.3, 0.4) is 0 Å². The summed E-state index contributed by atoms with van der Waals surface area (Å²) < 4.78 is 1.70. The lowest BCUT2D eigenvalue weighted by Crippen LogP contribution is -2.25. The molecule has 1 aliphatic rings. The summed E-state index contributed by atoms with van der Waals surface area (Å²) >= 11 is 0. The highest BCUT2D eigenvalue weighted by Crippen LogP contribution is 2.26. The number of nitrogens with one attached hydrogen (secondary N) is 1. The third kappa shape index (κ3) is 2.32. The molecule has 2 heterocycles. The maximum atomic E-state index is 12.2. The Balaban J connectivity index is 1.83. The number of carbonyl (C=O) groups is 1. The predicted molar refractivity (Wildman–Crippen MR) is 73.7 cm³/mol. The molecule has 3 rings (SSSR count). The first-order valence-electron chi connectivity index (χ1n) is 6.84. The molecule has 0 aliphatic heterocycles. The van der Waals surface area contributed by atoms with Crippen LogP contribution in [0.2, 0.25) is 0 Å². The van der Waals surface area contributed by atoms with Gasteiger partial charge in [-0.2, -0.15) is 5.10 Å². The molecule has 0 atom stereocenters. The number of pyridine rings is 1. The fourth-order valence-corrected chi connectivity index (χ4v) is 2.77. The van der Waals surface area contributed by atoms with Crippen molar-refractivity contribution >= 4 is 22.8 Å². The average Bonchev–Trinajstić information content (AvgIpc) is 2.77. The van der Waals surface area contributed by atoms with Crippen LogP contribution < -0.4 is 5.32 Å². The molecule has 0 unspecified atom stereocenters. The van der Waals surface area contributed by atoms with Gasteiger partial charge < -0.3 is 5.32 Å². The van der Waals surface area contributed by atoms with Gasteiger partial charge in [0.05, 0.1) is 5.39 Å². The van der Waals surface area contributed by atoms with E-state index >= 15 is 0 Å². The molecule has 1 fully saturated rings. The number of nitrogens with zero attached hydrogens (tertiary/aromatic N) is 3. The Kier molecular flexibility index (Phi) is 3.19. The highest BCUT2D eigenvalue weighted by molar-refractivity contribution is 5.99. The van der Waals surface area contributed by atoms with Crippen molar-refractivity contribution < 1.29 is 4.79 Å². The Hall–Kier alpha value is -1.91. The van der Waals surface area contributed by atoms with Crippen LogP contribution in [-0.2, 0) is 11.8 Å². The maximum absolute atomic E-state index is 12.2. The molecule has 5 nitrogen and oxygen atoms in total. The monoisotopic (exact) mass is 258 g/mol. The van der Waals surface area contributed by atoms with Gasteiger partial charge >= 0.3 is 0 Å². The van der Waals surface area contributed by atoms with Gasteiger partial charge in [0, 0.05) is 19.2 Å². The van der Waals surface area contributed by atoms with E-state index in [9.17, 15) is 4.79 Å². The number of hydrogen-bond acceptors (Lipinski definition) is 3. The van der Waals surface area contributed by atoms with E-state index in [0.717, 1.165) is 36.7 Å². The minimum Gasteiger partial charge on any atom is -0.308 e. The maximum Gasteiger partial charge on any atom is 0.228 e. The first-order chi connectivity index (χ1) is 9.25. The van der Waals surface area contributed by atoms with Gasteiger partial charge in [0.1, 0.15) is 0 Å². The zero-order valence-corrected chi connectivity index (χ0v) is 11.1. The van der Waals surface area contributed by atoms with E-state index in [4.69, 9.17) is 0 Å². The molecule has 2 aromatic heterocycles. The van der Waals surface area contributed by atoms with E-state index in [0.29, 0.717) is 5.82 Å². The van der Waals surface area contributed by atoms with Crippen LogP contribution in [0.15, 0.2) is 18.3 Å². The average molecular weight is 258 g/mol. The van der Waals surface area contributed by atoms with Crippen molar-refractivity contribution in [2.75, 3.05) is 5.32 Å². The Labute approximate surface area is 112 Å². The van der Waals surface area contributed by atoms with Gasteiger partial charge in [0.2, 0.25) is 5.91 Å². The molecule has 0 radical (unpaired) electrons. The van der Waals surface area contributed by atoms with Crippen LogP contribution in [0.1, 0.15) is 32.1 Å². The molecule has 0 aromatic carbocycles. The second-order valence-corrected chi connectivity index (χ2v) is 5.17. The lowest BCUT2D eigenvalue weighted by molar-refractivity contribution is -0.120. The molecular weight excluding hydrogens is 240 g/mol. The van der Waals surface area contributed by atoms with Crippen molar-refractivity contribution in [1.82, 2.24) is 14.8 Å². The summed E-state index contributed by atoms with van der Waals surface area (Å²) in [6.45, 7) is 0. The Morgan fingerprint density at radius 2 is 2.16 bits per heavy atom. The number of carbonyl (C=O) groups excluding carboxylic acids is 1. The van der Waals surface area contributed by atoms with Crippen molar-refractivity contribution in [2.45, 2.75) is 32.1 Å². The van der Waals surface area contributed by atoms with E-state index in [2.05, 4.69) is 15.4 Å². The number of amides is 1. The van der Waals surface area contributed by atoms with E-state index in [1.54, 1.807) is 10.9 Å². The zero-order chi connectivity index (χ0) is 13.2. The highest BCUT2D eigenvalue weighted by Gasteiger charge is 2.22. The van der Waals surface area contributed by atoms with Gasteiger partial charge in [-0.15, -0.1) is 0 Å². The zero-order valence-electron chi connectivity index (χ0n) is 11.1. The van der Waals surface area contributed by atoms with Gasteiger partial charge in [-0.3, -0.25) is 4.79 Å². The van der Waals surface area contributed by atoms with Gasteiger partial charge in [-0.1, -0.05) is 19.3 Å². The third-order valence-electron chi connectivity index (χ3n) is 3.82. The smallest absolute Gasteiger partial charge is 0.228 e. The second-order valence-electron chi connectivity index (χ2n) is 5.17. The van der Waals surface area contributed by atoms with E-state index in [1.165, 1.54) is 6.42 Å². The summed E-state index contributed by atoms with van der Waals surface area (Å²) in [5.41, 5.74) is 0.793. The Morgan fingerprint density at radius 1 is 1.37 bits per heavy atom. The topological polar surface area (TPSA) is 59.8 Å². The first kappa shape index (κ1) is 12.1. The normalized spacial score (nSPS) is 16.7. The fraction of sp³-hybridized carbons (Fsp3) is 0.500. The third-order valence-corrected chi connectivity index (χ3v) is 3.82. The van der Waals surface area contributed by atoms with Crippen LogP contribution in [0.4, 0.5) is 5.82 Å². The van der Waals surface area contributed by atoms with Crippen LogP contribution in [0, 0.1) is 5.92 Å². The minimum atomic E-state index is 0.101. The molecule has 1 N–H and O–H groups in total. The van der Waals surface area contributed by atoms with Crippen LogP contribution >= 0.6 is 0 Å². The molecular formula is C14H18N4O. The Bertz CT molecular complexity index is 599. The van der Waals surface area contributed by atoms with E-state index in [-0.39, 0.29) is 11.8 Å². The van der Waals surface area contributed by atoms with Gasteiger partial charge in [-0.05, 0) is 25.0 Å². The molecule has 100 valence electrons. The lowest BCUT2D eigenvalue weighted by Gasteiger charge is -2.20. The van der Waals surface area contributed by atoms with Gasteiger partial charge in [0.25, 0.3) is 0 Å². The van der Waals surface area contributed by atoms with Crippen molar-refractivity contribution in [3.8, 4) is 0 Å². The molecule has 1 amide bonds. The van der Waals surface area contributed by atoms with Crippen molar-refractivity contribution in [1.29, 1.82) is 0 Å². The molecule has 1 saturated carbocycles. The van der Waals surface area contributed by atoms with Gasteiger partial charge in [0.15, 0.2) is 11.5 Å². The summed E-state index contributed by atoms with van der Waals surface area (Å²) in [4.78, 5) is 16.5. The van der Waals surface area contributed by atoms with Gasteiger partial charge in [-0.25, -0.2) is 9.67 Å². The second kappa shape index (κ2) is 4.99. The molecule has 0 bridgehead atoms.